The fourth-order valence-electron chi connectivity index (χ4n) is 3.19. The number of rotatable bonds is 4. The maximum absolute atomic E-state index is 12.5. The molecule has 1 aromatic heterocycles. The molecule has 1 aliphatic heterocycles. The molecule has 0 saturated carbocycles. The largest absolute Gasteiger partial charge is 0.493 e. The molecule has 144 valence electrons. The van der Waals surface area contributed by atoms with Crippen LogP contribution in [0.2, 0.25) is 0 Å². The maximum atomic E-state index is 12.5. The van der Waals surface area contributed by atoms with Crippen LogP contribution in [0.1, 0.15) is 24.5 Å². The van der Waals surface area contributed by atoms with Gasteiger partial charge in [-0.25, -0.2) is 9.36 Å². The molecule has 8 heteroatoms. The first kappa shape index (κ1) is 18.9. The Morgan fingerprint density at radius 2 is 1.85 bits per heavy atom. The summed E-state index contributed by atoms with van der Waals surface area (Å²) in [5, 5.41) is 17.3. The quantitative estimate of drug-likeness (QED) is 0.779. The molecule has 27 heavy (non-hydrogen) atoms. The molecule has 0 spiro atoms. The molecule has 3 rings (SSSR count). The SMILES string of the molecule is CCC(=NN1CCN(C)CC1)c1c(O)n(-c2ccccc2C)c(=O)[nH]c1=O. The molecule has 0 unspecified atom stereocenters. The van der Waals surface area contributed by atoms with Gasteiger partial charge < -0.3 is 10.0 Å². The van der Waals surface area contributed by atoms with E-state index in [2.05, 4.69) is 22.0 Å². The Hall–Kier alpha value is -2.87. The first-order valence-electron chi connectivity index (χ1n) is 9.08. The van der Waals surface area contributed by atoms with Crippen molar-refractivity contribution in [2.75, 3.05) is 33.2 Å². The summed E-state index contributed by atoms with van der Waals surface area (Å²) in [5.41, 5.74) is 0.525. The Bertz CT molecular complexity index is 968. The summed E-state index contributed by atoms with van der Waals surface area (Å²) in [4.78, 5) is 29.4. The van der Waals surface area contributed by atoms with Crippen LogP contribution in [0.15, 0.2) is 39.0 Å². The molecule has 1 fully saturated rings. The van der Waals surface area contributed by atoms with Crippen molar-refractivity contribution in [2.24, 2.45) is 5.10 Å². The van der Waals surface area contributed by atoms with Crippen molar-refractivity contribution in [3.8, 4) is 11.6 Å². The molecule has 2 N–H and O–H groups in total. The molecule has 0 radical (unpaired) electrons. The Morgan fingerprint density at radius 3 is 2.48 bits per heavy atom. The summed E-state index contributed by atoms with van der Waals surface area (Å²) in [7, 11) is 2.05. The lowest BCUT2D eigenvalue weighted by Crippen LogP contribution is -2.42. The third kappa shape index (κ3) is 3.80. The summed E-state index contributed by atoms with van der Waals surface area (Å²) in [6, 6.07) is 7.19. The number of para-hydroxylation sites is 1. The highest BCUT2D eigenvalue weighted by Gasteiger charge is 2.21. The van der Waals surface area contributed by atoms with Crippen LogP contribution in [0.3, 0.4) is 0 Å². The third-order valence-electron chi connectivity index (χ3n) is 4.81. The van der Waals surface area contributed by atoms with Gasteiger partial charge in [0.1, 0.15) is 5.56 Å². The number of nitrogens with zero attached hydrogens (tertiary/aromatic N) is 4. The van der Waals surface area contributed by atoms with Crippen LogP contribution in [0, 0.1) is 6.92 Å². The number of hydrogen-bond acceptors (Lipinski definition) is 6. The monoisotopic (exact) mass is 371 g/mol. The minimum absolute atomic E-state index is 0.0410. The van der Waals surface area contributed by atoms with Crippen LogP contribution < -0.4 is 11.2 Å². The van der Waals surface area contributed by atoms with Gasteiger partial charge in [-0.2, -0.15) is 5.10 Å². The number of aromatic amines is 1. The zero-order chi connectivity index (χ0) is 19.6. The number of hydrogen-bond donors (Lipinski definition) is 2. The average molecular weight is 371 g/mol. The fourth-order valence-corrected chi connectivity index (χ4v) is 3.19. The highest BCUT2D eigenvalue weighted by Crippen LogP contribution is 2.21. The van der Waals surface area contributed by atoms with E-state index in [1.165, 1.54) is 0 Å². The van der Waals surface area contributed by atoms with Crippen LogP contribution in [-0.4, -0.2) is 63.5 Å². The minimum Gasteiger partial charge on any atom is -0.493 e. The van der Waals surface area contributed by atoms with Crippen molar-refractivity contribution < 1.29 is 5.11 Å². The van der Waals surface area contributed by atoms with Crippen LogP contribution >= 0.6 is 0 Å². The number of H-pyrrole nitrogens is 1. The topological polar surface area (TPSA) is 93.9 Å². The number of likely N-dealkylation sites (N-methyl/N-ethyl adjacent to an activating group) is 1. The highest BCUT2D eigenvalue weighted by molar-refractivity contribution is 6.01. The lowest BCUT2D eigenvalue weighted by atomic mass is 10.1. The Balaban J connectivity index is 2.12. The van der Waals surface area contributed by atoms with E-state index in [1.807, 2.05) is 31.0 Å². The number of hydrazone groups is 1. The van der Waals surface area contributed by atoms with E-state index in [0.29, 0.717) is 17.8 Å². The standard InChI is InChI=1S/C19H25N5O3/c1-4-14(21-23-11-9-22(3)10-12-23)16-17(25)20-19(27)24(18(16)26)15-8-6-5-7-13(15)2/h5-8,26H,4,9-12H2,1-3H3,(H,20,25,27). The number of aromatic hydroxyl groups is 1. The zero-order valence-electron chi connectivity index (χ0n) is 15.9. The molecule has 2 aromatic rings. The van der Waals surface area contributed by atoms with E-state index >= 15 is 0 Å². The predicted molar refractivity (Wildman–Crippen MR) is 105 cm³/mol. The smallest absolute Gasteiger partial charge is 0.335 e. The zero-order valence-corrected chi connectivity index (χ0v) is 15.9. The summed E-state index contributed by atoms with van der Waals surface area (Å²) >= 11 is 0. The van der Waals surface area contributed by atoms with Crippen molar-refractivity contribution in [1.82, 2.24) is 19.5 Å². The van der Waals surface area contributed by atoms with Gasteiger partial charge in [-0.15, -0.1) is 0 Å². The lowest BCUT2D eigenvalue weighted by molar-refractivity contribution is 0.159. The van der Waals surface area contributed by atoms with Crippen molar-refractivity contribution in [1.29, 1.82) is 0 Å². The van der Waals surface area contributed by atoms with Crippen molar-refractivity contribution >= 4 is 5.71 Å². The fraction of sp³-hybridized carbons (Fsp3) is 0.421. The molecule has 0 bridgehead atoms. The van der Waals surface area contributed by atoms with E-state index in [9.17, 15) is 14.7 Å². The third-order valence-corrected chi connectivity index (χ3v) is 4.81. The van der Waals surface area contributed by atoms with Gasteiger partial charge in [0, 0.05) is 26.2 Å². The van der Waals surface area contributed by atoms with Crippen LogP contribution in [0.25, 0.3) is 5.69 Å². The Morgan fingerprint density at radius 1 is 1.19 bits per heavy atom. The number of nitrogens with one attached hydrogen (secondary N) is 1. The molecule has 0 atom stereocenters. The Labute approximate surface area is 157 Å². The second-order valence-electron chi connectivity index (χ2n) is 6.74. The number of piperazine rings is 1. The van der Waals surface area contributed by atoms with Crippen LogP contribution in [0.4, 0.5) is 0 Å². The van der Waals surface area contributed by atoms with Gasteiger partial charge in [0.2, 0.25) is 5.88 Å². The van der Waals surface area contributed by atoms with Gasteiger partial charge in [-0.05, 0) is 32.0 Å². The van der Waals surface area contributed by atoms with E-state index < -0.39 is 11.2 Å². The van der Waals surface area contributed by atoms with Crippen molar-refractivity contribution in [3.63, 3.8) is 0 Å². The van der Waals surface area contributed by atoms with Crippen LogP contribution in [-0.2, 0) is 0 Å². The first-order valence-corrected chi connectivity index (χ1v) is 9.08. The molecule has 0 aliphatic carbocycles. The van der Waals surface area contributed by atoms with Gasteiger partial charge in [0.25, 0.3) is 5.56 Å². The van der Waals surface area contributed by atoms with Crippen molar-refractivity contribution in [3.05, 3.63) is 56.2 Å². The summed E-state index contributed by atoms with van der Waals surface area (Å²) in [5.74, 6) is -0.382. The second kappa shape index (κ2) is 7.79. The number of aromatic nitrogens is 2. The normalized spacial score (nSPS) is 16.0. The molecule has 2 heterocycles. The molecular weight excluding hydrogens is 346 g/mol. The van der Waals surface area contributed by atoms with E-state index in [-0.39, 0.29) is 11.4 Å². The predicted octanol–water partition coefficient (Wildman–Crippen LogP) is 0.901. The second-order valence-corrected chi connectivity index (χ2v) is 6.74. The van der Waals surface area contributed by atoms with Gasteiger partial charge in [0.05, 0.1) is 11.4 Å². The van der Waals surface area contributed by atoms with Gasteiger partial charge in [0.15, 0.2) is 0 Å². The minimum atomic E-state index is -0.675. The first-order chi connectivity index (χ1) is 12.9. The van der Waals surface area contributed by atoms with Crippen molar-refractivity contribution in [2.45, 2.75) is 20.3 Å². The Kier molecular flexibility index (Phi) is 5.46. The molecular formula is C19H25N5O3. The molecule has 1 aliphatic rings. The van der Waals surface area contributed by atoms with E-state index in [4.69, 9.17) is 0 Å². The average Bonchev–Trinajstić information content (AvgIpc) is 2.63. The van der Waals surface area contributed by atoms with Gasteiger partial charge >= 0.3 is 5.69 Å². The number of benzene rings is 1. The lowest BCUT2D eigenvalue weighted by Gasteiger charge is -2.31. The maximum Gasteiger partial charge on any atom is 0.335 e. The van der Waals surface area contributed by atoms with E-state index in [1.54, 1.807) is 12.1 Å². The highest BCUT2D eigenvalue weighted by atomic mass is 16.3. The summed E-state index contributed by atoms with van der Waals surface area (Å²) < 4.78 is 1.13. The van der Waals surface area contributed by atoms with Gasteiger partial charge in [-0.3, -0.25) is 14.8 Å². The molecule has 8 nitrogen and oxygen atoms in total. The molecule has 0 amide bonds. The van der Waals surface area contributed by atoms with E-state index in [0.717, 1.165) is 36.3 Å². The molecule has 1 saturated heterocycles. The number of aryl methyl sites for hydroxylation is 1. The molecule has 1 aromatic carbocycles. The summed E-state index contributed by atoms with van der Waals surface area (Å²) in [6.45, 7) is 6.96. The van der Waals surface area contributed by atoms with Gasteiger partial charge in [-0.1, -0.05) is 25.1 Å². The van der Waals surface area contributed by atoms with Crippen LogP contribution in [0.5, 0.6) is 5.88 Å². The summed E-state index contributed by atoms with van der Waals surface area (Å²) in [6.07, 6.45) is 0.453.